The molecule has 1 saturated heterocycles. The first-order valence-electron chi connectivity index (χ1n) is 10.3. The number of likely N-dealkylation sites (N-methyl/N-ethyl adjacent to an activating group) is 1. The van der Waals surface area contributed by atoms with Crippen molar-refractivity contribution in [3.8, 4) is 28.1 Å². The van der Waals surface area contributed by atoms with Gasteiger partial charge in [0, 0.05) is 18.2 Å². The predicted molar refractivity (Wildman–Crippen MR) is 118 cm³/mol. The van der Waals surface area contributed by atoms with Gasteiger partial charge in [-0.2, -0.15) is 0 Å². The molecule has 0 unspecified atom stereocenters. The molecule has 1 aromatic heterocycles. The number of rotatable bonds is 5. The summed E-state index contributed by atoms with van der Waals surface area (Å²) in [5.41, 5.74) is 4.60. The number of aromatic nitrogens is 2. The SMILES string of the molecule is COc1cc(-c2ccc(F)cc2)ccc1-c1nnc(N[C@@H]2CCCN(C)C2)cc1C. The van der Waals surface area contributed by atoms with Gasteiger partial charge in [0.15, 0.2) is 0 Å². The van der Waals surface area contributed by atoms with Crippen LogP contribution in [-0.2, 0) is 0 Å². The number of hydrogen-bond donors (Lipinski definition) is 1. The predicted octanol–water partition coefficient (Wildman–Crippen LogP) is 4.77. The minimum Gasteiger partial charge on any atom is -0.496 e. The number of ether oxygens (including phenoxy) is 1. The second-order valence-corrected chi connectivity index (χ2v) is 7.93. The first-order chi connectivity index (χ1) is 14.5. The highest BCUT2D eigenvalue weighted by atomic mass is 19.1. The maximum absolute atomic E-state index is 13.2. The molecule has 30 heavy (non-hydrogen) atoms. The van der Waals surface area contributed by atoms with Gasteiger partial charge >= 0.3 is 0 Å². The molecule has 2 aromatic carbocycles. The third kappa shape index (κ3) is 4.44. The molecule has 0 spiro atoms. The minimum absolute atomic E-state index is 0.248. The molecule has 1 aliphatic heterocycles. The van der Waals surface area contributed by atoms with Crippen LogP contribution in [0.25, 0.3) is 22.4 Å². The summed E-state index contributed by atoms with van der Waals surface area (Å²) in [7, 11) is 3.79. The molecular formula is C24H27FN4O. The largest absolute Gasteiger partial charge is 0.496 e. The highest BCUT2D eigenvalue weighted by Crippen LogP contribution is 2.35. The second kappa shape index (κ2) is 8.79. The van der Waals surface area contributed by atoms with E-state index < -0.39 is 0 Å². The van der Waals surface area contributed by atoms with E-state index >= 15 is 0 Å². The van der Waals surface area contributed by atoms with Gasteiger partial charge < -0.3 is 15.0 Å². The summed E-state index contributed by atoms with van der Waals surface area (Å²) in [4.78, 5) is 2.34. The average Bonchev–Trinajstić information content (AvgIpc) is 2.74. The molecule has 156 valence electrons. The van der Waals surface area contributed by atoms with Gasteiger partial charge in [-0.25, -0.2) is 4.39 Å². The lowest BCUT2D eigenvalue weighted by atomic mass is 10.00. The van der Waals surface area contributed by atoms with E-state index in [1.54, 1.807) is 19.2 Å². The Morgan fingerprint density at radius 1 is 1.07 bits per heavy atom. The van der Waals surface area contributed by atoms with Crippen molar-refractivity contribution in [2.75, 3.05) is 32.6 Å². The molecule has 0 aliphatic carbocycles. The Hall–Kier alpha value is -2.99. The third-order valence-electron chi connectivity index (χ3n) is 5.60. The number of anilines is 1. The molecule has 1 fully saturated rings. The van der Waals surface area contributed by atoms with E-state index in [0.29, 0.717) is 11.8 Å². The molecular weight excluding hydrogens is 379 g/mol. The number of nitrogens with zero attached hydrogens (tertiary/aromatic N) is 3. The summed E-state index contributed by atoms with van der Waals surface area (Å²) in [5.74, 6) is 1.27. The van der Waals surface area contributed by atoms with Gasteiger partial charge in [0.1, 0.15) is 17.4 Å². The number of aryl methyl sites for hydroxylation is 1. The van der Waals surface area contributed by atoms with E-state index in [4.69, 9.17) is 4.74 Å². The summed E-state index contributed by atoms with van der Waals surface area (Å²) >= 11 is 0. The Labute approximate surface area is 176 Å². The number of hydrogen-bond acceptors (Lipinski definition) is 5. The lowest BCUT2D eigenvalue weighted by molar-refractivity contribution is 0.260. The smallest absolute Gasteiger partial charge is 0.149 e. The number of piperidine rings is 1. The molecule has 0 saturated carbocycles. The first-order valence-corrected chi connectivity index (χ1v) is 10.3. The van der Waals surface area contributed by atoms with E-state index in [-0.39, 0.29) is 5.82 Å². The van der Waals surface area contributed by atoms with E-state index in [2.05, 4.69) is 27.5 Å². The number of likely N-dealkylation sites (tertiary alicyclic amines) is 1. The highest BCUT2D eigenvalue weighted by Gasteiger charge is 2.18. The number of methoxy groups -OCH3 is 1. The molecule has 2 heterocycles. The maximum Gasteiger partial charge on any atom is 0.149 e. The second-order valence-electron chi connectivity index (χ2n) is 7.93. The zero-order chi connectivity index (χ0) is 21.1. The van der Waals surface area contributed by atoms with E-state index in [9.17, 15) is 4.39 Å². The zero-order valence-corrected chi connectivity index (χ0v) is 17.7. The fourth-order valence-corrected chi connectivity index (χ4v) is 4.02. The van der Waals surface area contributed by atoms with E-state index in [1.165, 1.54) is 18.6 Å². The van der Waals surface area contributed by atoms with Gasteiger partial charge in [0.2, 0.25) is 0 Å². The normalized spacial score (nSPS) is 17.0. The molecule has 4 rings (SSSR count). The van der Waals surface area contributed by atoms with Crippen molar-refractivity contribution in [3.05, 3.63) is 59.9 Å². The lowest BCUT2D eigenvalue weighted by Crippen LogP contribution is -2.39. The molecule has 0 bridgehead atoms. The third-order valence-corrected chi connectivity index (χ3v) is 5.60. The molecule has 6 heteroatoms. The van der Waals surface area contributed by atoms with Crippen LogP contribution in [-0.4, -0.2) is 48.4 Å². The maximum atomic E-state index is 13.2. The number of halogens is 1. The molecule has 1 atom stereocenters. The van der Waals surface area contributed by atoms with Crippen LogP contribution in [0.15, 0.2) is 48.5 Å². The molecule has 5 nitrogen and oxygen atoms in total. The lowest BCUT2D eigenvalue weighted by Gasteiger charge is -2.30. The average molecular weight is 407 g/mol. The first kappa shape index (κ1) is 20.3. The summed E-state index contributed by atoms with van der Waals surface area (Å²) in [5, 5.41) is 12.4. The molecule has 0 radical (unpaired) electrons. The Balaban J connectivity index is 1.59. The van der Waals surface area contributed by atoms with Crippen LogP contribution in [0.5, 0.6) is 5.75 Å². The Bertz CT molecular complexity index is 1020. The standard InChI is InChI=1S/C24H27FN4O/c1-16-13-23(26-20-5-4-12-29(2)15-20)27-28-24(16)21-11-8-18(14-22(21)30-3)17-6-9-19(25)10-7-17/h6-11,13-14,20H,4-5,12,15H2,1-3H3,(H,26,27)/t20-/m1/s1. The molecule has 3 aromatic rings. The topological polar surface area (TPSA) is 50.3 Å². The summed E-state index contributed by atoms with van der Waals surface area (Å²) in [6.45, 7) is 4.20. The van der Waals surface area contributed by atoms with Gasteiger partial charge in [0.25, 0.3) is 0 Å². The van der Waals surface area contributed by atoms with Crippen molar-refractivity contribution in [1.82, 2.24) is 15.1 Å². The van der Waals surface area contributed by atoms with E-state index in [0.717, 1.165) is 53.3 Å². The van der Waals surface area contributed by atoms with Gasteiger partial charge in [-0.05, 0) is 80.4 Å². The van der Waals surface area contributed by atoms with Crippen LogP contribution in [0.1, 0.15) is 18.4 Å². The van der Waals surface area contributed by atoms with Crippen molar-refractivity contribution in [3.63, 3.8) is 0 Å². The quantitative estimate of drug-likeness (QED) is 0.661. The van der Waals surface area contributed by atoms with Crippen molar-refractivity contribution < 1.29 is 9.13 Å². The Morgan fingerprint density at radius 2 is 1.83 bits per heavy atom. The van der Waals surface area contributed by atoms with Crippen molar-refractivity contribution in [2.45, 2.75) is 25.8 Å². The van der Waals surface area contributed by atoms with Crippen LogP contribution in [0.4, 0.5) is 10.2 Å². The molecule has 1 N–H and O–H groups in total. The monoisotopic (exact) mass is 406 g/mol. The Morgan fingerprint density at radius 3 is 2.53 bits per heavy atom. The van der Waals surface area contributed by atoms with Gasteiger partial charge in [-0.1, -0.05) is 18.2 Å². The van der Waals surface area contributed by atoms with Gasteiger partial charge in [-0.15, -0.1) is 10.2 Å². The summed E-state index contributed by atoms with van der Waals surface area (Å²) in [6, 6.07) is 14.8. The molecule has 0 amide bonds. The van der Waals surface area contributed by atoms with Gasteiger partial charge in [0.05, 0.1) is 12.8 Å². The van der Waals surface area contributed by atoms with Crippen LogP contribution in [0.3, 0.4) is 0 Å². The minimum atomic E-state index is -0.248. The zero-order valence-electron chi connectivity index (χ0n) is 17.7. The number of benzene rings is 2. The van der Waals surface area contributed by atoms with Crippen LogP contribution < -0.4 is 10.1 Å². The van der Waals surface area contributed by atoms with Crippen LogP contribution >= 0.6 is 0 Å². The van der Waals surface area contributed by atoms with E-state index in [1.807, 2.05) is 31.2 Å². The van der Waals surface area contributed by atoms with Crippen molar-refractivity contribution >= 4 is 5.82 Å². The van der Waals surface area contributed by atoms with Crippen molar-refractivity contribution in [1.29, 1.82) is 0 Å². The molecule has 1 aliphatic rings. The van der Waals surface area contributed by atoms with Crippen molar-refractivity contribution in [2.24, 2.45) is 0 Å². The van der Waals surface area contributed by atoms with Crippen LogP contribution in [0.2, 0.25) is 0 Å². The fourth-order valence-electron chi connectivity index (χ4n) is 4.02. The summed E-state index contributed by atoms with van der Waals surface area (Å²) < 4.78 is 18.9. The van der Waals surface area contributed by atoms with Gasteiger partial charge in [-0.3, -0.25) is 0 Å². The van der Waals surface area contributed by atoms with Crippen LogP contribution in [0, 0.1) is 12.7 Å². The number of nitrogens with one attached hydrogen (secondary N) is 1. The summed E-state index contributed by atoms with van der Waals surface area (Å²) in [6.07, 6.45) is 2.34. The fraction of sp³-hybridized carbons (Fsp3) is 0.333. The highest BCUT2D eigenvalue weighted by molar-refractivity contribution is 5.76. The Kier molecular flexibility index (Phi) is 5.95.